The van der Waals surface area contributed by atoms with Gasteiger partial charge in [0.15, 0.2) is 13.2 Å². The SMILES string of the molecule is N#CCOc1nc(-c2cccc(-c3cccc(-c4ccc(CNC[C@@H]5CCC(=O)N5)c(OCC#N)n4)c3Cl)c2Cl)ccc1CNC[C@@H]1CCC(=O)N1. The fourth-order valence-electron chi connectivity index (χ4n) is 6.26. The zero-order chi connectivity index (χ0) is 36.5. The highest BCUT2D eigenvalue weighted by atomic mass is 35.5. The average molecular weight is 740 g/mol. The fourth-order valence-corrected chi connectivity index (χ4v) is 6.91. The number of hydrogen-bond acceptors (Lipinski definition) is 10. The number of aromatic nitrogens is 2. The summed E-state index contributed by atoms with van der Waals surface area (Å²) in [6.07, 6.45) is 2.62. The zero-order valence-electron chi connectivity index (χ0n) is 28.2. The van der Waals surface area contributed by atoms with Crippen LogP contribution < -0.4 is 30.7 Å². The van der Waals surface area contributed by atoms with Gasteiger partial charge >= 0.3 is 0 Å². The number of carbonyl (C=O) groups is 2. The minimum Gasteiger partial charge on any atom is -0.462 e. The summed E-state index contributed by atoms with van der Waals surface area (Å²) in [5.41, 5.74) is 5.29. The van der Waals surface area contributed by atoms with Crippen LogP contribution in [-0.2, 0) is 22.7 Å². The molecule has 6 rings (SSSR count). The molecule has 0 saturated carbocycles. The van der Waals surface area contributed by atoms with Gasteiger partial charge in [0.05, 0.1) is 21.4 Å². The van der Waals surface area contributed by atoms with E-state index in [-0.39, 0.29) is 37.1 Å². The molecular weight excluding hydrogens is 703 g/mol. The molecule has 0 unspecified atom stereocenters. The van der Waals surface area contributed by atoms with Crippen molar-refractivity contribution in [2.45, 2.75) is 50.9 Å². The molecule has 0 bridgehead atoms. The molecule has 2 aromatic heterocycles. The Labute approximate surface area is 311 Å². The van der Waals surface area contributed by atoms with Crippen LogP contribution in [0.2, 0.25) is 10.0 Å². The van der Waals surface area contributed by atoms with Crippen molar-refractivity contribution in [3.63, 3.8) is 0 Å². The van der Waals surface area contributed by atoms with Crippen LogP contribution in [0.15, 0.2) is 60.7 Å². The highest BCUT2D eigenvalue weighted by Gasteiger charge is 2.22. The van der Waals surface area contributed by atoms with Crippen LogP contribution in [0.5, 0.6) is 11.8 Å². The van der Waals surface area contributed by atoms with Crippen LogP contribution in [-0.4, -0.2) is 60.2 Å². The molecule has 0 spiro atoms. The van der Waals surface area contributed by atoms with Crippen molar-refractivity contribution in [3.8, 4) is 57.5 Å². The van der Waals surface area contributed by atoms with Crippen molar-refractivity contribution in [1.29, 1.82) is 10.5 Å². The number of nitrogens with one attached hydrogen (secondary N) is 4. The second-order valence-corrected chi connectivity index (χ2v) is 13.2. The minimum atomic E-state index is -0.173. The first kappa shape index (κ1) is 36.5. The topological polar surface area (TPSA) is 174 Å². The lowest BCUT2D eigenvalue weighted by molar-refractivity contribution is -0.120. The van der Waals surface area contributed by atoms with Gasteiger partial charge in [0.2, 0.25) is 23.6 Å². The summed E-state index contributed by atoms with van der Waals surface area (Å²) in [6, 6.07) is 22.8. The van der Waals surface area contributed by atoms with E-state index in [1.54, 1.807) is 0 Å². The predicted molar refractivity (Wildman–Crippen MR) is 196 cm³/mol. The van der Waals surface area contributed by atoms with E-state index in [9.17, 15) is 20.1 Å². The molecule has 0 aliphatic carbocycles. The number of rotatable bonds is 15. The number of benzene rings is 2. The van der Waals surface area contributed by atoms with E-state index in [4.69, 9.17) is 42.6 Å². The number of halogens is 2. The smallest absolute Gasteiger partial charge is 0.220 e. The van der Waals surface area contributed by atoms with E-state index in [1.807, 2.05) is 72.8 Å². The van der Waals surface area contributed by atoms with Crippen molar-refractivity contribution in [3.05, 3.63) is 81.8 Å². The van der Waals surface area contributed by atoms with Gasteiger partial charge in [-0.3, -0.25) is 9.59 Å². The lowest BCUT2D eigenvalue weighted by Crippen LogP contribution is -2.35. The number of nitrogens with zero attached hydrogens (tertiary/aromatic N) is 4. The number of ether oxygens (including phenoxy) is 2. The lowest BCUT2D eigenvalue weighted by atomic mass is 9.98. The molecule has 2 saturated heterocycles. The van der Waals surface area contributed by atoms with Crippen molar-refractivity contribution < 1.29 is 19.1 Å². The monoisotopic (exact) mass is 738 g/mol. The van der Waals surface area contributed by atoms with Crippen molar-refractivity contribution in [1.82, 2.24) is 31.2 Å². The molecular formula is C38H36Cl2N8O4. The average Bonchev–Trinajstić information content (AvgIpc) is 3.77. The molecule has 2 aromatic carbocycles. The number of amides is 2. The molecule has 4 aromatic rings. The van der Waals surface area contributed by atoms with Crippen LogP contribution in [0.3, 0.4) is 0 Å². The summed E-state index contributed by atoms with van der Waals surface area (Å²) < 4.78 is 11.4. The van der Waals surface area contributed by atoms with Crippen LogP contribution in [0.4, 0.5) is 0 Å². The minimum absolute atomic E-state index is 0.0575. The first-order valence-electron chi connectivity index (χ1n) is 16.9. The summed E-state index contributed by atoms with van der Waals surface area (Å²) in [5, 5.41) is 31.8. The summed E-state index contributed by atoms with van der Waals surface area (Å²) in [6.45, 7) is 1.73. The zero-order valence-corrected chi connectivity index (χ0v) is 29.7. The van der Waals surface area contributed by atoms with Gasteiger partial charge in [-0.1, -0.05) is 71.7 Å². The third-order valence-corrected chi connectivity index (χ3v) is 9.66. The molecule has 14 heteroatoms. The maximum Gasteiger partial charge on any atom is 0.220 e. The Hall–Kier alpha value is -5.24. The first-order valence-corrected chi connectivity index (χ1v) is 17.7. The van der Waals surface area contributed by atoms with E-state index in [1.165, 1.54) is 0 Å². The highest BCUT2D eigenvalue weighted by molar-refractivity contribution is 6.39. The summed E-state index contributed by atoms with van der Waals surface area (Å²) in [4.78, 5) is 32.6. The Morgan fingerprint density at radius 3 is 1.48 bits per heavy atom. The number of hydrogen-bond donors (Lipinski definition) is 4. The molecule has 4 N–H and O–H groups in total. The quantitative estimate of drug-likeness (QED) is 0.125. The third kappa shape index (κ3) is 8.79. The molecule has 2 aliphatic heterocycles. The second-order valence-electron chi connectivity index (χ2n) is 12.4. The van der Waals surface area contributed by atoms with Crippen molar-refractivity contribution in [2.75, 3.05) is 26.3 Å². The summed E-state index contributed by atoms with van der Waals surface area (Å²) >= 11 is 14.2. The molecule has 2 aliphatic rings. The van der Waals surface area contributed by atoms with Gasteiger partial charge in [0.25, 0.3) is 0 Å². The third-order valence-electron chi connectivity index (χ3n) is 8.85. The van der Waals surface area contributed by atoms with E-state index in [2.05, 4.69) is 21.3 Å². The molecule has 12 nitrogen and oxygen atoms in total. The van der Waals surface area contributed by atoms with Crippen LogP contribution >= 0.6 is 23.2 Å². The molecule has 2 atom stereocenters. The van der Waals surface area contributed by atoms with Gasteiger partial charge in [-0.2, -0.15) is 10.5 Å². The predicted octanol–water partition coefficient (Wildman–Crippen LogP) is 5.33. The Kier molecular flexibility index (Phi) is 12.2. The molecule has 4 heterocycles. The summed E-state index contributed by atoms with van der Waals surface area (Å²) in [7, 11) is 0. The lowest BCUT2D eigenvalue weighted by Gasteiger charge is -2.16. The Morgan fingerprint density at radius 1 is 0.673 bits per heavy atom. The van der Waals surface area contributed by atoms with E-state index in [0.717, 1.165) is 24.0 Å². The van der Waals surface area contributed by atoms with Crippen molar-refractivity contribution >= 4 is 35.0 Å². The van der Waals surface area contributed by atoms with E-state index >= 15 is 0 Å². The van der Waals surface area contributed by atoms with E-state index in [0.29, 0.717) is 94.5 Å². The largest absolute Gasteiger partial charge is 0.462 e. The van der Waals surface area contributed by atoms with Crippen molar-refractivity contribution in [2.24, 2.45) is 0 Å². The Morgan fingerprint density at radius 2 is 1.10 bits per heavy atom. The van der Waals surface area contributed by atoms with E-state index < -0.39 is 0 Å². The van der Waals surface area contributed by atoms with Crippen LogP contribution in [0.1, 0.15) is 36.8 Å². The van der Waals surface area contributed by atoms with Gasteiger partial charge in [-0.15, -0.1) is 0 Å². The van der Waals surface area contributed by atoms with Gasteiger partial charge in [-0.25, -0.2) is 9.97 Å². The molecule has 266 valence electrons. The van der Waals surface area contributed by atoms with Gasteiger partial charge in [0.1, 0.15) is 12.1 Å². The Bertz CT molecular complexity index is 1900. The molecule has 0 radical (unpaired) electrons. The number of pyridine rings is 2. The van der Waals surface area contributed by atoms with Gasteiger partial charge in [-0.05, 0) is 25.0 Å². The Balaban J connectivity index is 1.24. The van der Waals surface area contributed by atoms with Gasteiger partial charge in [0, 0.05) is 84.5 Å². The van der Waals surface area contributed by atoms with Crippen LogP contribution in [0.25, 0.3) is 33.6 Å². The standard InChI is InChI=1S/C38H36Cl2N8O4/c39-35-27(3-1-5-29(35)31-11-7-23(37(47-31)51-17-15-41)19-43-21-25-9-13-33(49)45-25)28-4-2-6-30(36(28)40)32-12-8-24(38(48-32)52-18-16-42)20-44-22-26-10-14-34(50)46-26/h1-8,11-12,25-26,43-44H,9-10,13-14,17-22H2,(H,45,49)(H,46,50)/t25-,26-/m0/s1. The highest BCUT2D eigenvalue weighted by Crippen LogP contribution is 2.42. The first-order chi connectivity index (χ1) is 25.3. The number of carbonyl (C=O) groups excluding carboxylic acids is 2. The summed E-state index contributed by atoms with van der Waals surface area (Å²) in [5.74, 6) is 0.741. The maximum atomic E-state index is 11.6. The second kappa shape index (κ2) is 17.3. The van der Waals surface area contributed by atoms with Gasteiger partial charge < -0.3 is 30.7 Å². The fraction of sp³-hybridized carbons (Fsp3) is 0.316. The maximum absolute atomic E-state index is 11.6. The van der Waals surface area contributed by atoms with Crippen LogP contribution in [0, 0.1) is 22.7 Å². The number of nitriles is 2. The molecule has 2 fully saturated rings. The normalized spacial score (nSPS) is 16.5. The molecule has 52 heavy (non-hydrogen) atoms. The molecule has 2 amide bonds.